The number of fused-ring (bicyclic) bond motifs is 2. The zero-order valence-corrected chi connectivity index (χ0v) is 19.6. The van der Waals surface area contributed by atoms with Crippen molar-refractivity contribution in [2.24, 2.45) is 0 Å². The van der Waals surface area contributed by atoms with E-state index in [4.69, 9.17) is 0 Å². The van der Waals surface area contributed by atoms with Crippen LogP contribution in [0.25, 0.3) is 27.5 Å². The van der Waals surface area contributed by atoms with Crippen LogP contribution in [0.3, 0.4) is 0 Å². The zero-order chi connectivity index (χ0) is 17.2. The van der Waals surface area contributed by atoms with E-state index >= 15 is 0 Å². The van der Waals surface area contributed by atoms with Gasteiger partial charge in [0, 0.05) is 0 Å². The third-order valence-corrected chi connectivity index (χ3v) is 4.57. The molecule has 1 aromatic heterocycles. The van der Waals surface area contributed by atoms with Gasteiger partial charge in [0.25, 0.3) is 0 Å². The van der Waals surface area contributed by atoms with Crippen molar-refractivity contribution in [2.45, 2.75) is 20.3 Å². The van der Waals surface area contributed by atoms with Gasteiger partial charge < -0.3 is 24.8 Å². The van der Waals surface area contributed by atoms with Crippen LogP contribution in [0.2, 0.25) is 0 Å². The van der Waals surface area contributed by atoms with Crippen LogP contribution in [0, 0.1) is 6.08 Å². The third-order valence-electron chi connectivity index (χ3n) is 4.57. The van der Waals surface area contributed by atoms with Gasteiger partial charge in [-0.1, -0.05) is 30.3 Å². The molecule has 28 heavy (non-hydrogen) atoms. The number of rotatable bonds is 1. The Morgan fingerprint density at radius 2 is 1.71 bits per heavy atom. The van der Waals surface area contributed by atoms with E-state index in [1.54, 1.807) is 0 Å². The van der Waals surface area contributed by atoms with E-state index in [0.717, 1.165) is 23.1 Å². The number of hydrogen-bond donors (Lipinski definition) is 0. The van der Waals surface area contributed by atoms with E-state index in [1.165, 1.54) is 21.9 Å². The van der Waals surface area contributed by atoms with Gasteiger partial charge in [0.2, 0.25) is 0 Å². The Morgan fingerprint density at radius 3 is 2.36 bits per heavy atom. The fourth-order valence-electron chi connectivity index (χ4n) is 2.97. The van der Waals surface area contributed by atoms with Crippen LogP contribution in [-0.4, -0.2) is 15.0 Å². The van der Waals surface area contributed by atoms with Crippen molar-refractivity contribution in [1.82, 2.24) is 15.0 Å². The predicted molar refractivity (Wildman–Crippen MR) is 103 cm³/mol. The van der Waals surface area contributed by atoms with Gasteiger partial charge in [0.05, 0.1) is 5.52 Å². The molecular formula is C22H19Cl2N3Zr. The summed E-state index contributed by atoms with van der Waals surface area (Å²) in [4.78, 5) is 0. The van der Waals surface area contributed by atoms with Crippen molar-refractivity contribution < 1.29 is 51.0 Å². The Hall–Kier alpha value is -1.61. The first-order chi connectivity index (χ1) is 12.2. The molecular weight excluding hydrogens is 468 g/mol. The number of hydrogen-bond acceptors (Lipinski definition) is 2. The van der Waals surface area contributed by atoms with Gasteiger partial charge in [-0.25, -0.2) is 15.8 Å². The first kappa shape index (κ1) is 24.4. The minimum Gasteiger partial charge on any atom is -1.00 e. The second-order valence-corrected chi connectivity index (χ2v) is 6.23. The molecule has 0 atom stereocenters. The van der Waals surface area contributed by atoms with Gasteiger partial charge in [0.1, 0.15) is 5.52 Å². The van der Waals surface area contributed by atoms with E-state index in [9.17, 15) is 0 Å². The van der Waals surface area contributed by atoms with Crippen LogP contribution >= 0.6 is 0 Å². The summed E-state index contributed by atoms with van der Waals surface area (Å²) in [6.07, 6.45) is 6.41. The van der Waals surface area contributed by atoms with Crippen molar-refractivity contribution in [3.8, 4) is 5.69 Å². The number of para-hydroxylation sites is 1. The van der Waals surface area contributed by atoms with E-state index in [0.29, 0.717) is 0 Å². The molecule has 1 aliphatic rings. The predicted octanol–water partition coefficient (Wildman–Crippen LogP) is -0.616. The number of halogens is 2. The van der Waals surface area contributed by atoms with Crippen LogP contribution in [-0.2, 0) is 26.2 Å². The molecule has 1 aliphatic carbocycles. The normalized spacial score (nSPS) is 12.1. The average molecular weight is 488 g/mol. The second-order valence-electron chi connectivity index (χ2n) is 6.23. The third kappa shape index (κ3) is 5.05. The minimum absolute atomic E-state index is 0. The summed E-state index contributed by atoms with van der Waals surface area (Å²) in [7, 11) is 0. The first-order valence-electron chi connectivity index (χ1n) is 8.43. The summed E-state index contributed by atoms with van der Waals surface area (Å²) in [5.74, 6) is 0. The summed E-state index contributed by atoms with van der Waals surface area (Å²) >= 11 is 0. The summed E-state index contributed by atoms with van der Waals surface area (Å²) in [6.45, 7) is 4.22. The largest absolute Gasteiger partial charge is 4.00 e. The standard InChI is InChI=1S/C15H10N3.C7H9.2ClH.Zr/c1-2-6-12-10-13(9-11(12)5-1)18-15-8-4-3-7-14(15)16-17-18;1-6-4-3-5-7(6)2;;;/h1-10H;4H,3H2,1-2H3;2*1H;/q2*-1;;;+4/p-2. The molecule has 4 aromatic rings. The van der Waals surface area contributed by atoms with E-state index in [-0.39, 0.29) is 51.0 Å². The molecule has 6 heteroatoms. The number of allylic oxidation sites excluding steroid dienone is 4. The molecule has 0 bridgehead atoms. The summed E-state index contributed by atoms with van der Waals surface area (Å²) < 4.78 is 1.88. The van der Waals surface area contributed by atoms with Crippen molar-refractivity contribution in [1.29, 1.82) is 0 Å². The molecule has 0 amide bonds. The molecule has 0 saturated heterocycles. The van der Waals surface area contributed by atoms with Gasteiger partial charge in [0.15, 0.2) is 0 Å². The molecule has 0 spiro atoms. The van der Waals surface area contributed by atoms with Crippen LogP contribution < -0.4 is 24.8 Å². The number of aromatic nitrogens is 3. The van der Waals surface area contributed by atoms with Gasteiger partial charge in [-0.3, -0.25) is 6.08 Å². The number of nitrogens with zero attached hydrogens (tertiary/aromatic N) is 3. The minimum atomic E-state index is 0. The average Bonchev–Trinajstić information content (AvgIpc) is 3.34. The second kappa shape index (κ2) is 10.8. The molecule has 1 heterocycles. The molecule has 3 nitrogen and oxygen atoms in total. The molecule has 0 fully saturated rings. The molecule has 0 unspecified atom stereocenters. The SMILES string of the molecule is CC1=[C-]CC=C1C.[Cl-].[Cl-].[Zr+4].c1ccc2[cH-]c(-n3nnc4ccccc43)cc2c1. The van der Waals surface area contributed by atoms with Gasteiger partial charge in [-0.2, -0.15) is 6.08 Å². The van der Waals surface area contributed by atoms with Crippen molar-refractivity contribution in [3.63, 3.8) is 0 Å². The molecule has 3 aromatic carbocycles. The van der Waals surface area contributed by atoms with Crippen LogP contribution in [0.1, 0.15) is 20.3 Å². The maximum Gasteiger partial charge on any atom is 4.00 e. The first-order valence-corrected chi connectivity index (χ1v) is 8.43. The summed E-state index contributed by atoms with van der Waals surface area (Å²) in [5.41, 5.74) is 5.72. The fourth-order valence-corrected chi connectivity index (χ4v) is 2.97. The van der Waals surface area contributed by atoms with E-state index < -0.39 is 0 Å². The van der Waals surface area contributed by atoms with Gasteiger partial charge in [-0.15, -0.1) is 59.5 Å². The molecule has 5 rings (SSSR count). The summed E-state index contributed by atoms with van der Waals surface area (Å²) in [6, 6.07) is 20.6. The Balaban J connectivity index is 0.000000341. The Morgan fingerprint density at radius 1 is 1.00 bits per heavy atom. The topological polar surface area (TPSA) is 30.7 Å². The van der Waals surface area contributed by atoms with Gasteiger partial charge >= 0.3 is 26.2 Å². The maximum atomic E-state index is 4.23. The molecule has 0 saturated carbocycles. The van der Waals surface area contributed by atoms with Crippen LogP contribution in [0.4, 0.5) is 0 Å². The van der Waals surface area contributed by atoms with Gasteiger partial charge in [-0.05, 0) is 17.8 Å². The van der Waals surface area contributed by atoms with Crippen molar-refractivity contribution in [3.05, 3.63) is 84.0 Å². The molecule has 0 N–H and O–H groups in total. The quantitative estimate of drug-likeness (QED) is 0.336. The Bertz CT molecular complexity index is 1060. The molecule has 0 radical (unpaired) electrons. The maximum absolute atomic E-state index is 4.23. The van der Waals surface area contributed by atoms with Crippen molar-refractivity contribution >= 4 is 21.8 Å². The van der Waals surface area contributed by atoms with E-state index in [2.05, 4.69) is 60.6 Å². The van der Waals surface area contributed by atoms with Crippen LogP contribution in [0.5, 0.6) is 0 Å². The summed E-state index contributed by atoms with van der Waals surface area (Å²) in [5, 5.41) is 10.9. The Labute approximate surface area is 196 Å². The fraction of sp³-hybridized carbons (Fsp3) is 0.136. The van der Waals surface area contributed by atoms with Crippen LogP contribution in [0.15, 0.2) is 77.9 Å². The molecule has 140 valence electrons. The monoisotopic (exact) mass is 485 g/mol. The Kier molecular flexibility index (Phi) is 9.43. The zero-order valence-electron chi connectivity index (χ0n) is 15.7. The number of benzene rings is 2. The molecule has 0 aliphatic heterocycles. The van der Waals surface area contributed by atoms with E-state index in [1.807, 2.05) is 41.1 Å². The van der Waals surface area contributed by atoms with Crippen molar-refractivity contribution in [2.75, 3.05) is 0 Å². The smallest absolute Gasteiger partial charge is 1.00 e.